The summed E-state index contributed by atoms with van der Waals surface area (Å²) in [4.78, 5) is 2.41. The van der Waals surface area contributed by atoms with E-state index >= 15 is 0 Å². The van der Waals surface area contributed by atoms with E-state index in [1.807, 2.05) is 6.07 Å². The number of benzene rings is 1. The third-order valence-electron chi connectivity index (χ3n) is 3.72. The minimum absolute atomic E-state index is 0.423. The van der Waals surface area contributed by atoms with E-state index in [-0.39, 0.29) is 0 Å². The van der Waals surface area contributed by atoms with Gasteiger partial charge in [0, 0.05) is 23.9 Å². The van der Waals surface area contributed by atoms with E-state index in [1.54, 1.807) is 19.3 Å². The minimum Gasteiger partial charge on any atom is -0.493 e. The summed E-state index contributed by atoms with van der Waals surface area (Å²) in [6.07, 6.45) is 4.29. The highest BCUT2D eigenvalue weighted by Gasteiger charge is 2.15. The fourth-order valence-corrected chi connectivity index (χ4v) is 2.64. The van der Waals surface area contributed by atoms with Gasteiger partial charge >= 0.3 is 0 Å². The number of anilines is 1. The first-order valence-corrected chi connectivity index (χ1v) is 7.74. The maximum Gasteiger partial charge on any atom is 0.166 e. The van der Waals surface area contributed by atoms with E-state index in [0.29, 0.717) is 31.3 Å². The summed E-state index contributed by atoms with van der Waals surface area (Å²) in [6.45, 7) is 8.45. The number of likely N-dealkylation sites (tertiary alicyclic amines) is 1. The molecule has 0 atom stereocenters. The van der Waals surface area contributed by atoms with E-state index in [0.717, 1.165) is 30.9 Å². The lowest BCUT2D eigenvalue weighted by Gasteiger charge is -2.19. The lowest BCUT2D eigenvalue weighted by molar-refractivity contribution is 0.143. The van der Waals surface area contributed by atoms with Crippen molar-refractivity contribution in [3.05, 3.63) is 30.4 Å². The summed E-state index contributed by atoms with van der Waals surface area (Å²) >= 11 is 0. The predicted octanol–water partition coefficient (Wildman–Crippen LogP) is 2.45. The fraction of sp³-hybridized carbons (Fsp3) is 0.529. The Kier molecular flexibility index (Phi) is 6.55. The Labute approximate surface area is 132 Å². The Morgan fingerprint density at radius 2 is 2.09 bits per heavy atom. The maximum absolute atomic E-state index is 5.98. The molecule has 2 N–H and O–H groups in total. The first-order valence-electron chi connectivity index (χ1n) is 7.74. The average molecular weight is 306 g/mol. The fourth-order valence-electron chi connectivity index (χ4n) is 2.64. The van der Waals surface area contributed by atoms with Crippen molar-refractivity contribution >= 4 is 5.69 Å². The van der Waals surface area contributed by atoms with Crippen molar-refractivity contribution in [2.75, 3.05) is 45.7 Å². The lowest BCUT2D eigenvalue weighted by Crippen LogP contribution is -2.25. The summed E-state index contributed by atoms with van der Waals surface area (Å²) < 4.78 is 16.9. The standard InChI is InChI=1S/C17H26N2O3/c1-3-9-21-13-14-11-15(18)12-16(20-2)17(14)22-10-8-19-6-4-5-7-19/h3,11-12H,1,4-10,13,18H2,2H3. The number of hydrogen-bond acceptors (Lipinski definition) is 5. The number of nitrogens with two attached hydrogens (primary N) is 1. The van der Waals surface area contributed by atoms with Crippen molar-refractivity contribution in [1.82, 2.24) is 4.90 Å². The predicted molar refractivity (Wildman–Crippen MR) is 88.4 cm³/mol. The zero-order valence-electron chi connectivity index (χ0n) is 13.3. The summed E-state index contributed by atoms with van der Waals surface area (Å²) in [5, 5.41) is 0. The average Bonchev–Trinajstić information content (AvgIpc) is 3.02. The largest absolute Gasteiger partial charge is 0.493 e. The molecule has 5 nitrogen and oxygen atoms in total. The third kappa shape index (κ3) is 4.64. The maximum atomic E-state index is 5.98. The van der Waals surface area contributed by atoms with Gasteiger partial charge in [0.2, 0.25) is 0 Å². The first-order chi connectivity index (χ1) is 10.7. The van der Waals surface area contributed by atoms with Crippen LogP contribution in [0.1, 0.15) is 18.4 Å². The number of ether oxygens (including phenoxy) is 3. The van der Waals surface area contributed by atoms with Crippen molar-refractivity contribution in [1.29, 1.82) is 0 Å². The van der Waals surface area contributed by atoms with Crippen LogP contribution in [0.4, 0.5) is 5.69 Å². The molecule has 0 unspecified atom stereocenters. The Hall–Kier alpha value is -1.72. The Morgan fingerprint density at radius 3 is 2.77 bits per heavy atom. The molecular weight excluding hydrogens is 280 g/mol. The van der Waals surface area contributed by atoms with Gasteiger partial charge in [0.1, 0.15) is 6.61 Å². The van der Waals surface area contributed by atoms with Gasteiger partial charge < -0.3 is 19.9 Å². The number of rotatable bonds is 9. The first kappa shape index (κ1) is 16.6. The highest BCUT2D eigenvalue weighted by Crippen LogP contribution is 2.34. The summed E-state index contributed by atoms with van der Waals surface area (Å²) in [7, 11) is 1.62. The van der Waals surface area contributed by atoms with E-state index < -0.39 is 0 Å². The number of nitrogen functional groups attached to an aromatic ring is 1. The second-order valence-electron chi connectivity index (χ2n) is 5.41. The summed E-state index contributed by atoms with van der Waals surface area (Å²) in [5.74, 6) is 1.37. The van der Waals surface area contributed by atoms with Crippen LogP contribution in [-0.2, 0) is 11.3 Å². The van der Waals surface area contributed by atoms with E-state index in [2.05, 4.69) is 11.5 Å². The van der Waals surface area contributed by atoms with E-state index in [1.165, 1.54) is 12.8 Å². The van der Waals surface area contributed by atoms with Crippen LogP contribution in [0.3, 0.4) is 0 Å². The van der Waals surface area contributed by atoms with Crippen LogP contribution in [0, 0.1) is 0 Å². The summed E-state index contributed by atoms with van der Waals surface area (Å²) in [5.41, 5.74) is 7.46. The van der Waals surface area contributed by atoms with Crippen molar-refractivity contribution < 1.29 is 14.2 Å². The molecule has 1 aromatic carbocycles. The molecule has 1 aliphatic heterocycles. The van der Waals surface area contributed by atoms with E-state index in [4.69, 9.17) is 19.9 Å². The number of methoxy groups -OCH3 is 1. The molecule has 0 bridgehead atoms. The van der Waals surface area contributed by atoms with Gasteiger partial charge in [-0.05, 0) is 32.0 Å². The van der Waals surface area contributed by atoms with Crippen LogP contribution >= 0.6 is 0 Å². The zero-order chi connectivity index (χ0) is 15.8. The van der Waals surface area contributed by atoms with Gasteiger partial charge in [-0.2, -0.15) is 0 Å². The van der Waals surface area contributed by atoms with Crippen molar-refractivity contribution in [2.45, 2.75) is 19.4 Å². The van der Waals surface area contributed by atoms with Crippen LogP contribution in [0.25, 0.3) is 0 Å². The molecule has 122 valence electrons. The molecule has 1 aromatic rings. The second-order valence-corrected chi connectivity index (χ2v) is 5.41. The summed E-state index contributed by atoms with van der Waals surface area (Å²) in [6, 6.07) is 3.65. The molecule has 1 saturated heterocycles. The van der Waals surface area contributed by atoms with Crippen molar-refractivity contribution in [2.24, 2.45) is 0 Å². The van der Waals surface area contributed by atoms with Gasteiger partial charge in [-0.15, -0.1) is 6.58 Å². The SMILES string of the molecule is C=CCOCc1cc(N)cc(OC)c1OCCN1CCCC1. The smallest absolute Gasteiger partial charge is 0.166 e. The van der Waals surface area contributed by atoms with Gasteiger partial charge in [-0.25, -0.2) is 0 Å². The van der Waals surface area contributed by atoms with Crippen LogP contribution in [0.5, 0.6) is 11.5 Å². The minimum atomic E-state index is 0.423. The monoisotopic (exact) mass is 306 g/mol. The van der Waals surface area contributed by atoms with E-state index in [9.17, 15) is 0 Å². The topological polar surface area (TPSA) is 57.0 Å². The van der Waals surface area contributed by atoms with Gasteiger partial charge in [0.25, 0.3) is 0 Å². The van der Waals surface area contributed by atoms with Crippen LogP contribution in [-0.4, -0.2) is 44.9 Å². The Bertz CT molecular complexity index is 485. The Balaban J connectivity index is 2.02. The molecule has 0 aliphatic carbocycles. The lowest BCUT2D eigenvalue weighted by atomic mass is 10.1. The van der Waals surface area contributed by atoms with Crippen molar-refractivity contribution in [3.8, 4) is 11.5 Å². The molecule has 0 saturated carbocycles. The molecule has 0 spiro atoms. The molecule has 0 amide bonds. The zero-order valence-corrected chi connectivity index (χ0v) is 13.3. The highest BCUT2D eigenvalue weighted by molar-refractivity contribution is 5.57. The molecule has 1 heterocycles. The molecule has 5 heteroatoms. The van der Waals surface area contributed by atoms with Gasteiger partial charge in [0.15, 0.2) is 11.5 Å². The number of hydrogen-bond donors (Lipinski definition) is 1. The molecule has 1 aliphatic rings. The van der Waals surface area contributed by atoms with Crippen LogP contribution < -0.4 is 15.2 Å². The number of nitrogens with zero attached hydrogens (tertiary/aromatic N) is 1. The Morgan fingerprint density at radius 1 is 1.32 bits per heavy atom. The molecule has 0 radical (unpaired) electrons. The quantitative estimate of drug-likeness (QED) is 0.431. The molecule has 1 fully saturated rings. The second kappa shape index (κ2) is 8.66. The third-order valence-corrected chi connectivity index (χ3v) is 3.72. The van der Waals surface area contributed by atoms with Gasteiger partial charge in [0.05, 0.1) is 20.3 Å². The molecule has 0 aromatic heterocycles. The molecular formula is C17H26N2O3. The van der Waals surface area contributed by atoms with Crippen LogP contribution in [0.15, 0.2) is 24.8 Å². The van der Waals surface area contributed by atoms with Gasteiger partial charge in [-0.1, -0.05) is 6.08 Å². The van der Waals surface area contributed by atoms with Crippen molar-refractivity contribution in [3.63, 3.8) is 0 Å². The van der Waals surface area contributed by atoms with Gasteiger partial charge in [-0.3, -0.25) is 4.90 Å². The highest BCUT2D eigenvalue weighted by atomic mass is 16.5. The van der Waals surface area contributed by atoms with Crippen LogP contribution in [0.2, 0.25) is 0 Å². The normalized spacial score (nSPS) is 15.0. The molecule has 2 rings (SSSR count). The molecule has 22 heavy (non-hydrogen) atoms.